The highest BCUT2D eigenvalue weighted by Gasteiger charge is 2.31. The Balaban J connectivity index is 4.39. The number of unbranched alkanes of at least 4 members (excludes halogenated alkanes) is 21. The number of nitrogens with zero attached hydrogens (tertiary/aromatic N) is 1. The molecule has 1 N–H and O–H groups in total. The van der Waals surface area contributed by atoms with Gasteiger partial charge in [-0.3, -0.25) is 9.59 Å². The fourth-order valence-electron chi connectivity index (χ4n) is 5.91. The van der Waals surface area contributed by atoms with Gasteiger partial charge < -0.3 is 23.8 Å². The molecule has 0 saturated heterocycles. The summed E-state index contributed by atoms with van der Waals surface area (Å²) in [6.07, 6.45) is 28.5. The first kappa shape index (κ1) is 45.3. The van der Waals surface area contributed by atoms with Gasteiger partial charge in [-0.1, -0.05) is 149 Å². The van der Waals surface area contributed by atoms with Crippen molar-refractivity contribution in [2.75, 3.05) is 41.0 Å². The van der Waals surface area contributed by atoms with Crippen LogP contribution in [0.3, 0.4) is 0 Å². The number of carbonyl (C=O) groups excluding carboxylic acids is 2. The van der Waals surface area contributed by atoms with Gasteiger partial charge >= 0.3 is 17.9 Å². The summed E-state index contributed by atoms with van der Waals surface area (Å²) in [5, 5.41) is 9.57. The van der Waals surface area contributed by atoms with E-state index in [0.29, 0.717) is 19.3 Å². The van der Waals surface area contributed by atoms with Crippen LogP contribution in [-0.2, 0) is 28.6 Å². The summed E-state index contributed by atoms with van der Waals surface area (Å²) in [4.78, 5) is 36.7. The Bertz CT molecular complexity index is 752. The zero-order chi connectivity index (χ0) is 35.0. The predicted octanol–water partition coefficient (Wildman–Crippen LogP) is 9.80. The third-order valence-corrected chi connectivity index (χ3v) is 9.01. The van der Waals surface area contributed by atoms with Gasteiger partial charge in [-0.2, -0.15) is 0 Å². The standard InChI is InChI=1S/C39H75NO7/c1-6-8-10-12-14-16-18-20-22-24-26-28-30-38(42)47-35(33-45-32-31-36(39(43)44)40(3,4)5)34-46-37(41)29-27-25-23-21-19-17-15-13-11-9-7-2/h35-36H,6-34H2,1-5H3/p+1. The Kier molecular flexibility index (Phi) is 30.5. The number of carboxylic acid groups (broad SMARTS) is 1. The molecule has 0 aromatic heterocycles. The Morgan fingerprint density at radius 3 is 1.32 bits per heavy atom. The van der Waals surface area contributed by atoms with Crippen LogP contribution in [0.1, 0.15) is 181 Å². The SMILES string of the molecule is CCCCCCCCCCCCCCC(=O)OC(COCCC(C(=O)O)[N+](C)(C)C)COC(=O)CCCCCCCCCCCCC. The highest BCUT2D eigenvalue weighted by molar-refractivity contribution is 5.72. The van der Waals surface area contributed by atoms with Gasteiger partial charge in [0.05, 0.1) is 34.4 Å². The van der Waals surface area contributed by atoms with E-state index in [0.717, 1.165) is 38.5 Å². The Morgan fingerprint density at radius 2 is 0.936 bits per heavy atom. The molecule has 47 heavy (non-hydrogen) atoms. The minimum absolute atomic E-state index is 0.0429. The summed E-state index contributed by atoms with van der Waals surface area (Å²) < 4.78 is 17.2. The summed E-state index contributed by atoms with van der Waals surface area (Å²) in [5.41, 5.74) is 0. The van der Waals surface area contributed by atoms with Gasteiger partial charge in [0.1, 0.15) is 6.61 Å². The van der Waals surface area contributed by atoms with Crippen molar-refractivity contribution >= 4 is 17.9 Å². The molecule has 0 saturated carbocycles. The monoisotopic (exact) mass is 671 g/mol. The number of hydrogen-bond donors (Lipinski definition) is 1. The molecule has 0 fully saturated rings. The van der Waals surface area contributed by atoms with Crippen molar-refractivity contribution in [3.63, 3.8) is 0 Å². The summed E-state index contributed by atoms with van der Waals surface area (Å²) in [5.74, 6) is -1.46. The van der Waals surface area contributed by atoms with Gasteiger partial charge in [-0.25, -0.2) is 4.79 Å². The molecule has 8 nitrogen and oxygen atoms in total. The van der Waals surface area contributed by atoms with Crippen LogP contribution in [0.15, 0.2) is 0 Å². The van der Waals surface area contributed by atoms with Crippen LogP contribution in [0, 0.1) is 0 Å². The first-order valence-electron chi connectivity index (χ1n) is 19.6. The molecule has 0 rings (SSSR count). The highest BCUT2D eigenvalue weighted by Crippen LogP contribution is 2.15. The van der Waals surface area contributed by atoms with Crippen molar-refractivity contribution in [2.24, 2.45) is 0 Å². The number of quaternary nitrogens is 1. The molecule has 0 aromatic carbocycles. The van der Waals surface area contributed by atoms with E-state index in [4.69, 9.17) is 14.2 Å². The van der Waals surface area contributed by atoms with Gasteiger partial charge in [-0.15, -0.1) is 0 Å². The average Bonchev–Trinajstić information content (AvgIpc) is 3.01. The molecule has 278 valence electrons. The molecule has 0 amide bonds. The van der Waals surface area contributed by atoms with Crippen LogP contribution in [0.4, 0.5) is 0 Å². The van der Waals surface area contributed by atoms with E-state index < -0.39 is 18.1 Å². The number of esters is 2. The zero-order valence-corrected chi connectivity index (χ0v) is 31.5. The van der Waals surface area contributed by atoms with E-state index in [-0.39, 0.29) is 36.2 Å². The number of carbonyl (C=O) groups is 3. The van der Waals surface area contributed by atoms with Crippen LogP contribution in [0.5, 0.6) is 0 Å². The van der Waals surface area contributed by atoms with E-state index in [1.54, 1.807) is 0 Å². The maximum Gasteiger partial charge on any atom is 0.362 e. The molecule has 0 aliphatic rings. The average molecular weight is 671 g/mol. The fraction of sp³-hybridized carbons (Fsp3) is 0.923. The van der Waals surface area contributed by atoms with Crippen LogP contribution in [-0.4, -0.2) is 80.6 Å². The molecule has 2 unspecified atom stereocenters. The molecule has 2 atom stereocenters. The maximum absolute atomic E-state index is 12.6. The van der Waals surface area contributed by atoms with Crippen molar-refractivity contribution in [3.05, 3.63) is 0 Å². The van der Waals surface area contributed by atoms with Gasteiger partial charge in [0, 0.05) is 19.3 Å². The summed E-state index contributed by atoms with van der Waals surface area (Å²) in [6, 6.07) is -0.606. The van der Waals surface area contributed by atoms with Crippen LogP contribution >= 0.6 is 0 Å². The van der Waals surface area contributed by atoms with Crippen molar-refractivity contribution in [1.29, 1.82) is 0 Å². The Labute approximate surface area is 289 Å². The van der Waals surface area contributed by atoms with Gasteiger partial charge in [0.25, 0.3) is 0 Å². The van der Waals surface area contributed by atoms with Crippen molar-refractivity contribution in [3.8, 4) is 0 Å². The third kappa shape index (κ3) is 30.1. The van der Waals surface area contributed by atoms with E-state index in [2.05, 4.69) is 13.8 Å². The lowest BCUT2D eigenvalue weighted by atomic mass is 10.0. The van der Waals surface area contributed by atoms with E-state index in [1.807, 2.05) is 21.1 Å². The number of aliphatic carboxylic acids is 1. The first-order chi connectivity index (χ1) is 22.6. The van der Waals surface area contributed by atoms with Crippen LogP contribution < -0.4 is 0 Å². The smallest absolute Gasteiger partial charge is 0.362 e. The summed E-state index contributed by atoms with van der Waals surface area (Å²) in [6.45, 7) is 4.73. The molecular weight excluding hydrogens is 594 g/mol. The minimum Gasteiger partial charge on any atom is -0.477 e. The molecule has 0 bridgehead atoms. The van der Waals surface area contributed by atoms with Gasteiger partial charge in [-0.05, 0) is 12.8 Å². The quantitative estimate of drug-likeness (QED) is 0.0407. The molecule has 0 spiro atoms. The molecule has 0 heterocycles. The molecule has 0 radical (unpaired) electrons. The molecule has 0 aliphatic heterocycles. The maximum atomic E-state index is 12.6. The number of carboxylic acids is 1. The van der Waals surface area contributed by atoms with E-state index in [1.165, 1.54) is 109 Å². The normalized spacial score (nSPS) is 13.0. The van der Waals surface area contributed by atoms with Gasteiger partial charge in [0.2, 0.25) is 0 Å². The van der Waals surface area contributed by atoms with Crippen LogP contribution in [0.2, 0.25) is 0 Å². The van der Waals surface area contributed by atoms with E-state index >= 15 is 0 Å². The largest absolute Gasteiger partial charge is 0.477 e. The summed E-state index contributed by atoms with van der Waals surface area (Å²) >= 11 is 0. The number of rotatable bonds is 35. The summed E-state index contributed by atoms with van der Waals surface area (Å²) in [7, 11) is 5.52. The van der Waals surface area contributed by atoms with Crippen LogP contribution in [0.25, 0.3) is 0 Å². The number of likely N-dealkylation sites (N-methyl/N-ethyl adjacent to an activating group) is 1. The second-order valence-corrected chi connectivity index (χ2v) is 14.6. The van der Waals surface area contributed by atoms with Crippen molar-refractivity contribution in [1.82, 2.24) is 0 Å². The molecule has 0 aliphatic carbocycles. The lowest BCUT2D eigenvalue weighted by Crippen LogP contribution is -2.50. The second-order valence-electron chi connectivity index (χ2n) is 14.6. The lowest BCUT2D eigenvalue weighted by molar-refractivity contribution is -0.887. The van der Waals surface area contributed by atoms with Crippen molar-refractivity contribution < 1.29 is 38.2 Å². The fourth-order valence-corrected chi connectivity index (χ4v) is 5.91. The minimum atomic E-state index is -0.872. The number of hydrogen-bond acceptors (Lipinski definition) is 6. The van der Waals surface area contributed by atoms with E-state index in [9.17, 15) is 19.5 Å². The molecule has 0 aromatic rings. The highest BCUT2D eigenvalue weighted by atomic mass is 16.6. The molecular formula is C39H76NO7+. The van der Waals surface area contributed by atoms with Crippen molar-refractivity contribution in [2.45, 2.75) is 193 Å². The molecule has 8 heteroatoms. The zero-order valence-electron chi connectivity index (χ0n) is 31.5. The lowest BCUT2D eigenvalue weighted by Gasteiger charge is -2.31. The predicted molar refractivity (Wildman–Crippen MR) is 193 cm³/mol. The first-order valence-corrected chi connectivity index (χ1v) is 19.6. The topological polar surface area (TPSA) is 99.1 Å². The number of ether oxygens (including phenoxy) is 3. The third-order valence-electron chi connectivity index (χ3n) is 9.01. The second kappa shape index (κ2) is 31.6. The van der Waals surface area contributed by atoms with Gasteiger partial charge in [0.15, 0.2) is 12.1 Å². The Hall–Kier alpha value is -1.67. The Morgan fingerprint density at radius 1 is 0.553 bits per heavy atom.